The average Bonchev–Trinajstić information content (AvgIpc) is 2.97. The molecule has 1 amide bonds. The van der Waals surface area contributed by atoms with E-state index in [1.807, 2.05) is 0 Å². The van der Waals surface area contributed by atoms with Crippen molar-refractivity contribution >= 4 is 39.8 Å². The molecule has 1 aromatic heterocycles. The Balaban J connectivity index is 1.99. The Morgan fingerprint density at radius 3 is 2.56 bits per heavy atom. The first-order valence-corrected chi connectivity index (χ1v) is 10.1. The molecular weight excluding hydrogens is 386 g/mol. The van der Waals surface area contributed by atoms with Gasteiger partial charge in [-0.25, -0.2) is 4.79 Å². The van der Waals surface area contributed by atoms with Gasteiger partial charge in [-0.1, -0.05) is 24.4 Å². The topological polar surface area (TPSA) is 64.6 Å². The molecule has 27 heavy (non-hydrogen) atoms. The Morgan fingerprint density at radius 2 is 1.85 bits per heavy atom. The third-order valence-corrected chi connectivity index (χ3v) is 6.14. The summed E-state index contributed by atoms with van der Waals surface area (Å²) in [7, 11) is 2.86. The molecule has 0 spiro atoms. The Morgan fingerprint density at radius 1 is 1.11 bits per heavy atom. The fraction of sp³-hybridized carbons (Fsp3) is 0.400. The van der Waals surface area contributed by atoms with E-state index in [4.69, 9.17) is 21.1 Å². The van der Waals surface area contributed by atoms with Crippen molar-refractivity contribution in [3.63, 3.8) is 0 Å². The lowest BCUT2D eigenvalue weighted by Gasteiger charge is -2.11. The summed E-state index contributed by atoms with van der Waals surface area (Å²) in [4.78, 5) is 26.5. The first-order valence-electron chi connectivity index (χ1n) is 8.93. The monoisotopic (exact) mass is 407 g/mol. The zero-order chi connectivity index (χ0) is 19.4. The van der Waals surface area contributed by atoms with Crippen molar-refractivity contribution in [1.82, 2.24) is 0 Å². The number of hydrogen-bond acceptors (Lipinski definition) is 5. The summed E-state index contributed by atoms with van der Waals surface area (Å²) in [6, 6.07) is 4.86. The Bertz CT molecular complexity index is 862. The van der Waals surface area contributed by atoms with Crippen molar-refractivity contribution < 1.29 is 19.1 Å². The lowest BCUT2D eigenvalue weighted by atomic mass is 9.96. The van der Waals surface area contributed by atoms with Gasteiger partial charge in [0.2, 0.25) is 0 Å². The van der Waals surface area contributed by atoms with Gasteiger partial charge in [0.15, 0.2) is 0 Å². The number of hydrogen-bond donors (Lipinski definition) is 1. The highest BCUT2D eigenvalue weighted by Crippen LogP contribution is 2.38. The van der Waals surface area contributed by atoms with Crippen LogP contribution in [0.4, 0.5) is 5.00 Å². The molecule has 0 saturated carbocycles. The van der Waals surface area contributed by atoms with Gasteiger partial charge in [-0.2, -0.15) is 0 Å². The van der Waals surface area contributed by atoms with Crippen molar-refractivity contribution in [3.8, 4) is 5.75 Å². The first-order chi connectivity index (χ1) is 13.0. The lowest BCUT2D eigenvalue weighted by molar-refractivity contribution is 0.0601. The van der Waals surface area contributed by atoms with Crippen LogP contribution in [-0.4, -0.2) is 26.1 Å². The third kappa shape index (κ3) is 4.28. The smallest absolute Gasteiger partial charge is 0.341 e. The number of methoxy groups -OCH3 is 2. The van der Waals surface area contributed by atoms with E-state index in [0.717, 1.165) is 42.5 Å². The summed E-state index contributed by atoms with van der Waals surface area (Å²) in [6.45, 7) is 0. The molecule has 0 fully saturated rings. The molecule has 0 unspecified atom stereocenters. The number of amides is 1. The summed E-state index contributed by atoms with van der Waals surface area (Å²) in [6.07, 6.45) is 6.20. The maximum absolute atomic E-state index is 12.9. The minimum atomic E-state index is -0.415. The highest BCUT2D eigenvalue weighted by molar-refractivity contribution is 7.17. The van der Waals surface area contributed by atoms with Crippen LogP contribution in [0.25, 0.3) is 0 Å². The van der Waals surface area contributed by atoms with Gasteiger partial charge < -0.3 is 14.8 Å². The molecule has 2 aromatic rings. The number of rotatable bonds is 4. The molecule has 1 heterocycles. The molecule has 1 aliphatic carbocycles. The van der Waals surface area contributed by atoms with Crippen LogP contribution >= 0.6 is 22.9 Å². The van der Waals surface area contributed by atoms with Crippen LogP contribution in [0.15, 0.2) is 18.2 Å². The molecule has 1 N–H and O–H groups in total. The van der Waals surface area contributed by atoms with Gasteiger partial charge in [0, 0.05) is 9.90 Å². The van der Waals surface area contributed by atoms with Crippen LogP contribution in [0.5, 0.6) is 5.75 Å². The number of halogens is 1. The van der Waals surface area contributed by atoms with Gasteiger partial charge in [-0.3, -0.25) is 4.79 Å². The van der Waals surface area contributed by atoms with E-state index in [0.29, 0.717) is 26.9 Å². The summed E-state index contributed by atoms with van der Waals surface area (Å²) >= 11 is 7.50. The second-order valence-electron chi connectivity index (χ2n) is 6.41. The van der Waals surface area contributed by atoms with Crippen molar-refractivity contribution in [3.05, 3.63) is 44.8 Å². The van der Waals surface area contributed by atoms with Gasteiger partial charge in [0.25, 0.3) is 5.91 Å². The number of fused-ring (bicyclic) bond motifs is 1. The highest BCUT2D eigenvalue weighted by Gasteiger charge is 2.26. The SMILES string of the molecule is COC(=O)c1c(NC(=O)c2cc(Cl)ccc2OC)sc2c1CCCCCC2. The van der Waals surface area contributed by atoms with Gasteiger partial charge in [-0.05, 0) is 49.4 Å². The number of ether oxygens (including phenoxy) is 2. The summed E-state index contributed by atoms with van der Waals surface area (Å²) in [5.41, 5.74) is 1.82. The summed E-state index contributed by atoms with van der Waals surface area (Å²) in [5.74, 6) is -0.360. The second kappa shape index (κ2) is 8.76. The predicted octanol–water partition coefficient (Wildman–Crippen LogP) is 5.11. The van der Waals surface area contributed by atoms with Gasteiger partial charge in [0.1, 0.15) is 10.8 Å². The maximum Gasteiger partial charge on any atom is 0.341 e. The van der Waals surface area contributed by atoms with Gasteiger partial charge in [0.05, 0.1) is 25.3 Å². The van der Waals surface area contributed by atoms with Crippen molar-refractivity contribution in [1.29, 1.82) is 0 Å². The highest BCUT2D eigenvalue weighted by atomic mass is 35.5. The van der Waals surface area contributed by atoms with E-state index in [-0.39, 0.29) is 5.91 Å². The number of anilines is 1. The molecule has 0 saturated heterocycles. The van der Waals surface area contributed by atoms with Gasteiger partial charge in [-0.15, -0.1) is 11.3 Å². The summed E-state index contributed by atoms with van der Waals surface area (Å²) < 4.78 is 10.3. The minimum absolute atomic E-state index is 0.321. The summed E-state index contributed by atoms with van der Waals surface area (Å²) in [5, 5.41) is 3.85. The quantitative estimate of drug-likeness (QED) is 0.715. The molecule has 7 heteroatoms. The molecule has 0 bridgehead atoms. The molecule has 3 rings (SSSR count). The number of esters is 1. The van der Waals surface area contributed by atoms with E-state index in [1.54, 1.807) is 18.2 Å². The molecular formula is C20H22ClNO4S. The fourth-order valence-electron chi connectivity index (χ4n) is 3.35. The average molecular weight is 408 g/mol. The Hall–Kier alpha value is -2.05. The van der Waals surface area contributed by atoms with Crippen LogP contribution in [0.1, 0.15) is 56.8 Å². The van der Waals surface area contributed by atoms with Crippen molar-refractivity contribution in [2.24, 2.45) is 0 Å². The molecule has 0 atom stereocenters. The van der Waals surface area contributed by atoms with Crippen molar-refractivity contribution in [2.75, 3.05) is 19.5 Å². The Kier molecular flexibility index (Phi) is 6.39. The molecule has 1 aliphatic rings. The molecule has 5 nitrogen and oxygen atoms in total. The number of carbonyl (C=O) groups is 2. The van der Waals surface area contributed by atoms with E-state index in [1.165, 1.54) is 32.0 Å². The molecule has 0 radical (unpaired) electrons. The minimum Gasteiger partial charge on any atom is -0.496 e. The number of carbonyl (C=O) groups excluding carboxylic acids is 2. The van der Waals surface area contributed by atoms with E-state index in [9.17, 15) is 9.59 Å². The zero-order valence-corrected chi connectivity index (χ0v) is 17.0. The van der Waals surface area contributed by atoms with E-state index in [2.05, 4.69) is 5.32 Å². The fourth-order valence-corrected chi connectivity index (χ4v) is 4.80. The third-order valence-electron chi connectivity index (χ3n) is 4.69. The standard InChI is InChI=1S/C20H22ClNO4S/c1-25-15-10-9-12(21)11-14(15)18(23)22-19-17(20(24)26-2)13-7-5-3-4-6-8-16(13)27-19/h9-11H,3-8H2,1-2H3,(H,22,23). The van der Waals surface area contributed by atoms with Crippen LogP contribution < -0.4 is 10.1 Å². The molecule has 0 aliphatic heterocycles. The predicted molar refractivity (Wildman–Crippen MR) is 107 cm³/mol. The normalized spacial score (nSPS) is 13.9. The number of nitrogens with one attached hydrogen (secondary N) is 1. The number of thiophene rings is 1. The molecule has 1 aromatic carbocycles. The second-order valence-corrected chi connectivity index (χ2v) is 7.95. The largest absolute Gasteiger partial charge is 0.496 e. The van der Waals surface area contributed by atoms with Crippen LogP contribution in [-0.2, 0) is 17.6 Å². The van der Waals surface area contributed by atoms with E-state index >= 15 is 0 Å². The number of aryl methyl sites for hydroxylation is 1. The molecule has 144 valence electrons. The maximum atomic E-state index is 12.9. The van der Waals surface area contributed by atoms with E-state index < -0.39 is 5.97 Å². The van der Waals surface area contributed by atoms with Crippen molar-refractivity contribution in [2.45, 2.75) is 38.5 Å². The first kappa shape index (κ1) is 19.7. The lowest BCUT2D eigenvalue weighted by Crippen LogP contribution is -2.15. The Labute approximate surface area is 167 Å². The zero-order valence-electron chi connectivity index (χ0n) is 15.4. The van der Waals surface area contributed by atoms with Crippen LogP contribution in [0, 0.1) is 0 Å². The van der Waals surface area contributed by atoms with Gasteiger partial charge >= 0.3 is 5.97 Å². The van der Waals surface area contributed by atoms with Crippen LogP contribution in [0.2, 0.25) is 5.02 Å². The number of benzene rings is 1. The van der Waals surface area contributed by atoms with Crippen LogP contribution in [0.3, 0.4) is 0 Å².